The Morgan fingerprint density at radius 3 is 2.44 bits per heavy atom. The zero-order valence-corrected chi connectivity index (χ0v) is 16.8. The van der Waals surface area contributed by atoms with Crippen molar-refractivity contribution in [3.8, 4) is 11.5 Å². The molecule has 0 saturated carbocycles. The summed E-state index contributed by atoms with van der Waals surface area (Å²) in [5.74, 6) is 1.46. The average molecular weight is 372 g/mol. The lowest BCUT2D eigenvalue weighted by Crippen LogP contribution is -2.37. The second-order valence-electron chi connectivity index (χ2n) is 6.85. The van der Waals surface area contributed by atoms with Crippen molar-refractivity contribution in [2.24, 2.45) is 0 Å². The van der Waals surface area contributed by atoms with Gasteiger partial charge in [0.05, 0.1) is 37.8 Å². The lowest BCUT2D eigenvalue weighted by Gasteiger charge is -2.29. The lowest BCUT2D eigenvalue weighted by molar-refractivity contribution is -0.117. The number of hydrogen-bond donors (Lipinski definition) is 1. The highest BCUT2D eigenvalue weighted by atomic mass is 16.5. The number of amides is 1. The number of rotatable bonds is 6. The molecule has 1 aliphatic heterocycles. The highest BCUT2D eigenvalue weighted by Crippen LogP contribution is 2.33. The summed E-state index contributed by atoms with van der Waals surface area (Å²) in [6, 6.07) is 4.05. The van der Waals surface area contributed by atoms with Crippen molar-refractivity contribution in [2.75, 3.05) is 32.6 Å². The maximum absolute atomic E-state index is 12.6. The largest absolute Gasteiger partial charge is 0.493 e. The number of carbonyl (C=O) groups excluding carboxylic acids is 1. The third kappa shape index (κ3) is 3.93. The van der Waals surface area contributed by atoms with E-state index in [1.807, 2.05) is 37.6 Å². The molecule has 1 amide bonds. The van der Waals surface area contributed by atoms with Crippen LogP contribution in [0.4, 0.5) is 5.69 Å². The minimum atomic E-state index is -0.0132. The molecular weight excluding hydrogens is 344 g/mol. The number of methoxy groups -OCH3 is 2. The molecule has 146 valence electrons. The molecule has 7 nitrogen and oxygen atoms in total. The van der Waals surface area contributed by atoms with Gasteiger partial charge in [0.15, 0.2) is 11.5 Å². The topological polar surface area (TPSA) is 68.6 Å². The smallest absolute Gasteiger partial charge is 0.238 e. The van der Waals surface area contributed by atoms with Crippen molar-refractivity contribution in [1.29, 1.82) is 0 Å². The number of ether oxygens (including phenoxy) is 2. The van der Waals surface area contributed by atoms with Crippen LogP contribution in [0, 0.1) is 13.8 Å². The van der Waals surface area contributed by atoms with E-state index < -0.39 is 0 Å². The van der Waals surface area contributed by atoms with Gasteiger partial charge in [-0.1, -0.05) is 0 Å². The first-order valence-electron chi connectivity index (χ1n) is 9.26. The fraction of sp³-hybridized carbons (Fsp3) is 0.500. The highest BCUT2D eigenvalue weighted by Gasteiger charge is 2.22. The van der Waals surface area contributed by atoms with Gasteiger partial charge in [-0.05, 0) is 50.5 Å². The van der Waals surface area contributed by atoms with Crippen molar-refractivity contribution in [1.82, 2.24) is 14.7 Å². The Balaban J connectivity index is 1.68. The number of benzene rings is 1. The van der Waals surface area contributed by atoms with Crippen LogP contribution < -0.4 is 14.8 Å². The molecule has 0 radical (unpaired) electrons. The van der Waals surface area contributed by atoms with Crippen LogP contribution >= 0.6 is 0 Å². The summed E-state index contributed by atoms with van der Waals surface area (Å²) < 4.78 is 12.7. The summed E-state index contributed by atoms with van der Waals surface area (Å²) in [6.07, 6.45) is 0.884. The van der Waals surface area contributed by atoms with Crippen molar-refractivity contribution in [3.63, 3.8) is 0 Å². The van der Waals surface area contributed by atoms with Gasteiger partial charge in [-0.2, -0.15) is 5.10 Å². The van der Waals surface area contributed by atoms with Crippen molar-refractivity contribution < 1.29 is 14.3 Å². The number of aromatic nitrogens is 2. The Kier molecular flexibility index (Phi) is 5.70. The van der Waals surface area contributed by atoms with Gasteiger partial charge in [0, 0.05) is 19.6 Å². The van der Waals surface area contributed by atoms with Crippen molar-refractivity contribution >= 4 is 11.6 Å². The summed E-state index contributed by atoms with van der Waals surface area (Å²) in [7, 11) is 3.29. The zero-order valence-electron chi connectivity index (χ0n) is 16.8. The Morgan fingerprint density at radius 2 is 1.85 bits per heavy atom. The van der Waals surface area contributed by atoms with Gasteiger partial charge in [-0.3, -0.25) is 14.4 Å². The van der Waals surface area contributed by atoms with Crippen LogP contribution in [0.2, 0.25) is 0 Å². The molecule has 2 aromatic rings. The number of nitrogens with zero attached hydrogens (tertiary/aromatic N) is 3. The summed E-state index contributed by atoms with van der Waals surface area (Å²) in [5, 5.41) is 7.49. The van der Waals surface area contributed by atoms with Crippen LogP contribution in [0.3, 0.4) is 0 Å². The molecule has 2 heterocycles. The van der Waals surface area contributed by atoms with E-state index in [1.54, 1.807) is 14.2 Å². The van der Waals surface area contributed by atoms with Crippen molar-refractivity contribution in [3.05, 3.63) is 34.6 Å². The lowest BCUT2D eigenvalue weighted by atomic mass is 9.99. The van der Waals surface area contributed by atoms with Crippen LogP contribution in [0.15, 0.2) is 12.1 Å². The molecule has 1 aromatic carbocycles. The first-order valence-corrected chi connectivity index (χ1v) is 9.26. The second kappa shape index (κ2) is 8.00. The molecule has 0 fully saturated rings. The molecule has 0 aliphatic carbocycles. The summed E-state index contributed by atoms with van der Waals surface area (Å²) in [6.45, 7) is 8.64. The van der Waals surface area contributed by atoms with E-state index in [4.69, 9.17) is 9.47 Å². The molecule has 1 aliphatic rings. The molecule has 0 bridgehead atoms. The normalized spacial score (nSPS) is 14.0. The van der Waals surface area contributed by atoms with Gasteiger partial charge in [0.25, 0.3) is 0 Å². The number of nitrogens with one attached hydrogen (secondary N) is 1. The second-order valence-corrected chi connectivity index (χ2v) is 6.85. The van der Waals surface area contributed by atoms with E-state index in [1.165, 1.54) is 11.1 Å². The molecule has 3 rings (SSSR count). The molecule has 27 heavy (non-hydrogen) atoms. The SMILES string of the molecule is CCn1nc(C)c(NC(=O)CN2CCc3cc(OC)c(OC)cc3C2)c1C. The van der Waals surface area contributed by atoms with Crippen LogP contribution in [0.5, 0.6) is 11.5 Å². The third-order valence-corrected chi connectivity index (χ3v) is 5.11. The fourth-order valence-corrected chi connectivity index (χ4v) is 3.64. The van der Waals surface area contributed by atoms with E-state index in [0.29, 0.717) is 6.54 Å². The Hall–Kier alpha value is -2.54. The average Bonchev–Trinajstić information content (AvgIpc) is 2.94. The minimum Gasteiger partial charge on any atom is -0.493 e. The predicted molar refractivity (Wildman–Crippen MR) is 105 cm³/mol. The number of fused-ring (bicyclic) bond motifs is 1. The fourth-order valence-electron chi connectivity index (χ4n) is 3.64. The number of anilines is 1. The number of aryl methyl sites for hydroxylation is 2. The van der Waals surface area contributed by atoms with Gasteiger partial charge in [-0.15, -0.1) is 0 Å². The minimum absolute atomic E-state index is 0.0132. The van der Waals surface area contributed by atoms with Gasteiger partial charge < -0.3 is 14.8 Å². The van der Waals surface area contributed by atoms with Gasteiger partial charge in [0.1, 0.15) is 0 Å². The molecule has 0 saturated heterocycles. The molecule has 1 aromatic heterocycles. The van der Waals surface area contributed by atoms with Gasteiger partial charge in [-0.25, -0.2) is 0 Å². The van der Waals surface area contributed by atoms with E-state index in [-0.39, 0.29) is 5.91 Å². The number of hydrogen-bond acceptors (Lipinski definition) is 5. The van der Waals surface area contributed by atoms with E-state index in [2.05, 4.69) is 15.3 Å². The van der Waals surface area contributed by atoms with E-state index in [0.717, 1.165) is 54.6 Å². The maximum Gasteiger partial charge on any atom is 0.238 e. The van der Waals surface area contributed by atoms with Crippen molar-refractivity contribution in [2.45, 2.75) is 40.3 Å². The van der Waals surface area contributed by atoms with Gasteiger partial charge >= 0.3 is 0 Å². The van der Waals surface area contributed by atoms with Crippen LogP contribution in [-0.2, 0) is 24.3 Å². The van der Waals surface area contributed by atoms with Crippen LogP contribution in [0.25, 0.3) is 0 Å². The Bertz CT molecular complexity index is 844. The van der Waals surface area contributed by atoms with E-state index >= 15 is 0 Å². The summed E-state index contributed by atoms with van der Waals surface area (Å²) in [5.41, 5.74) is 5.09. The molecule has 0 unspecified atom stereocenters. The standard InChI is InChI=1S/C20H28N4O3/c1-6-24-14(3)20(13(2)22-24)21-19(25)12-23-8-7-15-9-17(26-4)18(27-5)10-16(15)11-23/h9-10H,6-8,11-12H2,1-5H3,(H,21,25). The predicted octanol–water partition coefficient (Wildman–Crippen LogP) is 2.53. The Labute approximate surface area is 160 Å². The molecule has 1 N–H and O–H groups in total. The maximum atomic E-state index is 12.6. The first kappa shape index (κ1) is 19.2. The third-order valence-electron chi connectivity index (χ3n) is 5.11. The van der Waals surface area contributed by atoms with Gasteiger partial charge in [0.2, 0.25) is 5.91 Å². The molecular formula is C20H28N4O3. The van der Waals surface area contributed by atoms with Crippen LogP contribution in [0.1, 0.15) is 29.4 Å². The first-order chi connectivity index (χ1) is 13.0. The zero-order chi connectivity index (χ0) is 19.6. The monoisotopic (exact) mass is 372 g/mol. The molecule has 7 heteroatoms. The molecule has 0 atom stereocenters. The molecule has 0 spiro atoms. The van der Waals surface area contributed by atoms with Crippen LogP contribution in [-0.4, -0.2) is 47.9 Å². The van der Waals surface area contributed by atoms with E-state index in [9.17, 15) is 4.79 Å². The highest BCUT2D eigenvalue weighted by molar-refractivity contribution is 5.93. The summed E-state index contributed by atoms with van der Waals surface area (Å²) >= 11 is 0. The summed E-state index contributed by atoms with van der Waals surface area (Å²) in [4.78, 5) is 14.7. The quantitative estimate of drug-likeness (QED) is 0.844. The Morgan fingerprint density at radius 1 is 1.19 bits per heavy atom. The number of carbonyl (C=O) groups is 1.